The van der Waals surface area contributed by atoms with E-state index in [1.54, 1.807) is 0 Å². The largest absolute Gasteiger partial charge is 0.472 e. The minimum absolute atomic E-state index is 0.104. The Morgan fingerprint density at radius 3 is 0.716 bits per heavy atom. The lowest BCUT2D eigenvalue weighted by Gasteiger charge is -2.21. The van der Waals surface area contributed by atoms with Gasteiger partial charge in [0.15, 0.2) is 12.2 Å². The zero-order valence-electron chi connectivity index (χ0n) is 62.1. The quantitative estimate of drug-likeness (QED) is 0.0222. The maximum atomic E-state index is 13.1. The van der Waals surface area contributed by atoms with E-state index in [0.29, 0.717) is 25.7 Å². The molecule has 3 N–H and O–H groups in total. The fourth-order valence-corrected chi connectivity index (χ4v) is 13.2. The minimum atomic E-state index is -4.96. The van der Waals surface area contributed by atoms with Gasteiger partial charge in [0, 0.05) is 25.7 Å². The Labute approximate surface area is 581 Å². The molecule has 95 heavy (non-hydrogen) atoms. The zero-order chi connectivity index (χ0) is 70.1. The highest BCUT2D eigenvalue weighted by Gasteiger charge is 2.30. The highest BCUT2D eigenvalue weighted by Crippen LogP contribution is 2.45. The molecule has 0 bridgehead atoms. The van der Waals surface area contributed by atoms with Crippen LogP contribution in [0.25, 0.3) is 0 Å². The molecule has 19 heteroatoms. The summed E-state index contributed by atoms with van der Waals surface area (Å²) in [5.41, 5.74) is 0. The van der Waals surface area contributed by atoms with Gasteiger partial charge in [-0.05, 0) is 43.4 Å². The van der Waals surface area contributed by atoms with Crippen LogP contribution in [-0.2, 0) is 65.4 Å². The van der Waals surface area contributed by atoms with Crippen molar-refractivity contribution in [1.82, 2.24) is 0 Å². The third kappa shape index (κ3) is 70.3. The molecular formula is C76H148O17P2. The topological polar surface area (TPSA) is 237 Å². The number of unbranched alkanes of at least 4 members (excludes halogenated alkanes) is 42. The lowest BCUT2D eigenvalue weighted by molar-refractivity contribution is -0.161. The van der Waals surface area contributed by atoms with Gasteiger partial charge in [0.25, 0.3) is 0 Å². The third-order valence-corrected chi connectivity index (χ3v) is 19.5. The molecule has 0 saturated carbocycles. The average molecular weight is 1400 g/mol. The maximum absolute atomic E-state index is 13.1. The van der Waals surface area contributed by atoms with Crippen molar-refractivity contribution in [1.29, 1.82) is 0 Å². The first-order valence-electron chi connectivity index (χ1n) is 39.3. The van der Waals surface area contributed by atoms with Gasteiger partial charge in [-0.25, -0.2) is 9.13 Å². The number of esters is 4. The number of phosphoric ester groups is 2. The van der Waals surface area contributed by atoms with Crippen LogP contribution >= 0.6 is 15.6 Å². The van der Waals surface area contributed by atoms with Gasteiger partial charge in [0.2, 0.25) is 0 Å². The van der Waals surface area contributed by atoms with Crippen LogP contribution < -0.4 is 0 Å². The number of aliphatic hydroxyl groups is 1. The highest BCUT2D eigenvalue weighted by molar-refractivity contribution is 7.47. The van der Waals surface area contributed by atoms with Crippen molar-refractivity contribution >= 4 is 39.5 Å². The molecule has 0 heterocycles. The van der Waals surface area contributed by atoms with Crippen LogP contribution in [0.3, 0.4) is 0 Å². The summed E-state index contributed by atoms with van der Waals surface area (Å²) in [5.74, 6) is 0.128. The molecule has 5 atom stereocenters. The standard InChI is InChI=1S/C76H148O17P2/c1-8-9-10-11-12-13-14-15-17-21-24-27-36-43-50-57-73(78)86-63-71(92-75(80)59-52-45-38-28-25-22-19-16-18-20-23-26-33-40-47-54-67(2)3)65-90-94(82,83)88-61-70(77)62-89-95(84,85)91-66-72(93-76(81)60-53-46-39-32-30-35-42-49-56-69(6)7)64-87-74(79)58-51-44-37-31-29-34-41-48-55-68(4)5/h67-72,77H,8-66H2,1-7H3,(H,82,83)(H,84,85)/t70-,71-,72-/m1/s1. The molecule has 0 amide bonds. The average Bonchev–Trinajstić information content (AvgIpc) is 1.46. The first kappa shape index (κ1) is 93.1. The smallest absolute Gasteiger partial charge is 0.462 e. The normalized spacial score (nSPS) is 14.1. The molecule has 0 aliphatic carbocycles. The van der Waals surface area contributed by atoms with E-state index in [2.05, 4.69) is 48.5 Å². The lowest BCUT2D eigenvalue weighted by Crippen LogP contribution is -2.30. The second-order valence-electron chi connectivity index (χ2n) is 28.8. The Balaban J connectivity index is 5.24. The van der Waals surface area contributed by atoms with Crippen molar-refractivity contribution < 1.29 is 80.2 Å². The van der Waals surface area contributed by atoms with Crippen molar-refractivity contribution in [3.05, 3.63) is 0 Å². The van der Waals surface area contributed by atoms with Crippen LogP contribution in [0.1, 0.15) is 389 Å². The van der Waals surface area contributed by atoms with E-state index >= 15 is 0 Å². The minimum Gasteiger partial charge on any atom is -0.462 e. The van der Waals surface area contributed by atoms with Crippen molar-refractivity contribution in [3.63, 3.8) is 0 Å². The molecule has 0 fully saturated rings. The second-order valence-corrected chi connectivity index (χ2v) is 31.7. The fraction of sp³-hybridized carbons (Fsp3) is 0.947. The molecule has 0 radical (unpaired) electrons. The SMILES string of the molecule is CCCCCCCCCCCCCCCCCC(=O)OC[C@H](COP(=O)(O)OC[C@@H](O)COP(=O)(O)OC[C@@H](COC(=O)CCCCCCCCCCC(C)C)OC(=O)CCCCCCCCCCC(C)C)OC(=O)CCCCCCCCCCCCCCCCCC(C)C. The zero-order valence-corrected chi connectivity index (χ0v) is 63.9. The summed E-state index contributed by atoms with van der Waals surface area (Å²) in [4.78, 5) is 72.8. The first-order chi connectivity index (χ1) is 45.7. The molecular weight excluding hydrogens is 1250 g/mol. The Hall–Kier alpha value is -1.94. The summed E-state index contributed by atoms with van der Waals surface area (Å²) in [7, 11) is -9.91. The molecule has 0 saturated heterocycles. The van der Waals surface area contributed by atoms with Gasteiger partial charge in [-0.2, -0.15) is 0 Å². The number of ether oxygens (including phenoxy) is 4. The molecule has 0 aromatic carbocycles. The van der Waals surface area contributed by atoms with E-state index in [1.165, 1.54) is 199 Å². The number of carbonyl (C=O) groups excluding carboxylic acids is 4. The summed E-state index contributed by atoms with van der Waals surface area (Å²) in [6.45, 7) is 11.9. The maximum Gasteiger partial charge on any atom is 0.472 e. The van der Waals surface area contributed by atoms with Crippen LogP contribution in [0.5, 0.6) is 0 Å². The van der Waals surface area contributed by atoms with Crippen LogP contribution in [0.15, 0.2) is 0 Å². The van der Waals surface area contributed by atoms with E-state index in [1.807, 2.05) is 0 Å². The van der Waals surface area contributed by atoms with Gasteiger partial charge in [0.1, 0.15) is 19.3 Å². The molecule has 0 rings (SSSR count). The monoisotopic (exact) mass is 1400 g/mol. The van der Waals surface area contributed by atoms with Crippen LogP contribution in [0.2, 0.25) is 0 Å². The second kappa shape index (κ2) is 66.6. The molecule has 0 aromatic rings. The predicted molar refractivity (Wildman–Crippen MR) is 386 cm³/mol. The Morgan fingerprint density at radius 2 is 0.484 bits per heavy atom. The lowest BCUT2D eigenvalue weighted by atomic mass is 10.0. The fourth-order valence-electron chi connectivity index (χ4n) is 11.6. The van der Waals surface area contributed by atoms with Gasteiger partial charge < -0.3 is 33.8 Å². The van der Waals surface area contributed by atoms with Crippen LogP contribution in [-0.4, -0.2) is 96.7 Å². The van der Waals surface area contributed by atoms with Gasteiger partial charge in [-0.3, -0.25) is 37.3 Å². The number of rotatable bonds is 74. The van der Waals surface area contributed by atoms with Crippen molar-refractivity contribution in [2.24, 2.45) is 17.8 Å². The summed E-state index contributed by atoms with van der Waals surface area (Å²) >= 11 is 0. The van der Waals surface area contributed by atoms with Crippen molar-refractivity contribution in [3.8, 4) is 0 Å². The van der Waals surface area contributed by atoms with Crippen molar-refractivity contribution in [2.75, 3.05) is 39.6 Å². The number of hydrogen-bond donors (Lipinski definition) is 3. The Bertz CT molecular complexity index is 1850. The molecule has 0 aromatic heterocycles. The molecule has 564 valence electrons. The predicted octanol–water partition coefficient (Wildman–Crippen LogP) is 22.2. The van der Waals surface area contributed by atoms with E-state index in [9.17, 15) is 43.2 Å². The number of hydrogen-bond acceptors (Lipinski definition) is 15. The first-order valence-corrected chi connectivity index (χ1v) is 42.3. The Kier molecular flexibility index (Phi) is 65.2. The summed E-state index contributed by atoms with van der Waals surface area (Å²) in [6.07, 6.45) is 52.8. The number of carbonyl (C=O) groups is 4. The summed E-state index contributed by atoms with van der Waals surface area (Å²) < 4.78 is 68.5. The molecule has 0 aliphatic heterocycles. The van der Waals surface area contributed by atoms with Gasteiger partial charge in [-0.15, -0.1) is 0 Å². The number of phosphoric acid groups is 2. The van der Waals surface area contributed by atoms with E-state index in [0.717, 1.165) is 108 Å². The van der Waals surface area contributed by atoms with E-state index < -0.39 is 97.5 Å². The van der Waals surface area contributed by atoms with Crippen LogP contribution in [0.4, 0.5) is 0 Å². The summed E-state index contributed by atoms with van der Waals surface area (Å²) in [6, 6.07) is 0. The Morgan fingerprint density at radius 1 is 0.284 bits per heavy atom. The van der Waals surface area contributed by atoms with Crippen LogP contribution in [0, 0.1) is 17.8 Å². The summed E-state index contributed by atoms with van der Waals surface area (Å²) in [5, 5.41) is 10.6. The van der Waals surface area contributed by atoms with Crippen molar-refractivity contribution in [2.45, 2.75) is 407 Å². The highest BCUT2D eigenvalue weighted by atomic mass is 31.2. The number of aliphatic hydroxyl groups excluding tert-OH is 1. The van der Waals surface area contributed by atoms with E-state index in [4.69, 9.17) is 37.0 Å². The molecule has 0 aliphatic rings. The molecule has 17 nitrogen and oxygen atoms in total. The third-order valence-electron chi connectivity index (χ3n) is 17.6. The van der Waals surface area contributed by atoms with Gasteiger partial charge in [0.05, 0.1) is 26.4 Å². The molecule has 2 unspecified atom stereocenters. The van der Waals surface area contributed by atoms with Gasteiger partial charge >= 0.3 is 39.5 Å². The molecule has 0 spiro atoms. The van der Waals surface area contributed by atoms with E-state index in [-0.39, 0.29) is 25.7 Å². The van der Waals surface area contributed by atoms with Gasteiger partial charge in [-0.1, -0.05) is 337 Å².